The molecule has 2 aromatic carbocycles. The minimum atomic E-state index is -3.00. The van der Waals surface area contributed by atoms with Crippen LogP contribution >= 0.6 is 0 Å². The van der Waals surface area contributed by atoms with Gasteiger partial charge in [0.15, 0.2) is 21.5 Å². The number of hydrogen-bond donors (Lipinski definition) is 0. The third-order valence-electron chi connectivity index (χ3n) is 8.79. The summed E-state index contributed by atoms with van der Waals surface area (Å²) in [5, 5.41) is 9.57. The van der Waals surface area contributed by atoms with Crippen LogP contribution < -0.4 is 4.90 Å². The SMILES string of the molecule is N#CC1(CC(=O)[C@@H]2CCCC[C@H]2c2oc(-c3ccc(F)c(F)c3)nc2-c2ccc(N3CCS(=O)(=O)CC3)cc2)CC1. The van der Waals surface area contributed by atoms with Gasteiger partial charge in [-0.05, 0) is 56.0 Å². The van der Waals surface area contributed by atoms with E-state index in [-0.39, 0.29) is 41.4 Å². The van der Waals surface area contributed by atoms with Crippen molar-refractivity contribution in [3.05, 3.63) is 59.9 Å². The van der Waals surface area contributed by atoms with Crippen molar-refractivity contribution in [1.82, 2.24) is 4.98 Å². The molecule has 2 heterocycles. The number of halogens is 2. The van der Waals surface area contributed by atoms with Gasteiger partial charge >= 0.3 is 0 Å². The molecule has 1 saturated heterocycles. The summed E-state index contributed by atoms with van der Waals surface area (Å²) in [6.45, 7) is 0.848. The van der Waals surface area contributed by atoms with Crippen LogP contribution in [-0.4, -0.2) is 43.8 Å². The van der Waals surface area contributed by atoms with Gasteiger partial charge < -0.3 is 9.32 Å². The molecule has 3 aliphatic rings. The van der Waals surface area contributed by atoms with E-state index in [0.717, 1.165) is 55.5 Å². The second-order valence-corrected chi connectivity index (χ2v) is 13.9. The highest BCUT2D eigenvalue weighted by molar-refractivity contribution is 7.91. The number of Topliss-reactive ketones (excluding diaryl/α,β-unsaturated/α-hetero) is 1. The highest BCUT2D eigenvalue weighted by Crippen LogP contribution is 2.51. The van der Waals surface area contributed by atoms with Gasteiger partial charge in [-0.25, -0.2) is 22.2 Å². The topological polar surface area (TPSA) is 104 Å². The van der Waals surface area contributed by atoms with Crippen molar-refractivity contribution < 1.29 is 26.4 Å². The first-order valence-corrected chi connectivity index (χ1v) is 16.0. The molecule has 41 heavy (non-hydrogen) atoms. The Labute approximate surface area is 238 Å². The predicted octanol–water partition coefficient (Wildman–Crippen LogP) is 6.06. The molecule has 7 nitrogen and oxygen atoms in total. The molecule has 0 radical (unpaired) electrons. The number of anilines is 1. The van der Waals surface area contributed by atoms with Crippen LogP contribution in [0.5, 0.6) is 0 Å². The Morgan fingerprint density at radius 1 is 1.02 bits per heavy atom. The van der Waals surface area contributed by atoms with Crippen LogP contribution in [0.1, 0.15) is 56.6 Å². The average molecular weight is 580 g/mol. The highest BCUT2D eigenvalue weighted by Gasteiger charge is 2.47. The van der Waals surface area contributed by atoms with Crippen LogP contribution in [0.4, 0.5) is 14.5 Å². The van der Waals surface area contributed by atoms with Gasteiger partial charge in [0.05, 0.1) is 23.0 Å². The Morgan fingerprint density at radius 2 is 1.71 bits per heavy atom. The maximum absolute atomic E-state index is 14.1. The van der Waals surface area contributed by atoms with Crippen molar-refractivity contribution in [2.24, 2.45) is 11.3 Å². The monoisotopic (exact) mass is 579 g/mol. The van der Waals surface area contributed by atoms with E-state index in [9.17, 15) is 27.3 Å². The van der Waals surface area contributed by atoms with Crippen molar-refractivity contribution in [3.8, 4) is 28.8 Å². The molecule has 10 heteroatoms. The third kappa shape index (κ3) is 5.65. The summed E-state index contributed by atoms with van der Waals surface area (Å²) in [5.41, 5.74) is 1.94. The molecule has 6 rings (SSSR count). The fraction of sp³-hybridized carbons (Fsp3) is 0.452. The van der Waals surface area contributed by atoms with Gasteiger partial charge in [0.1, 0.15) is 17.2 Å². The average Bonchev–Trinajstić information content (AvgIpc) is 3.61. The van der Waals surface area contributed by atoms with Gasteiger partial charge in [-0.1, -0.05) is 25.0 Å². The van der Waals surface area contributed by atoms with E-state index in [4.69, 9.17) is 9.40 Å². The smallest absolute Gasteiger partial charge is 0.226 e. The lowest BCUT2D eigenvalue weighted by Crippen LogP contribution is -2.40. The molecular weight excluding hydrogens is 548 g/mol. The molecule has 2 saturated carbocycles. The number of sulfone groups is 1. The van der Waals surface area contributed by atoms with Gasteiger partial charge in [-0.15, -0.1) is 0 Å². The van der Waals surface area contributed by atoms with Crippen molar-refractivity contribution in [1.29, 1.82) is 5.26 Å². The molecule has 0 spiro atoms. The summed E-state index contributed by atoms with van der Waals surface area (Å²) >= 11 is 0. The second-order valence-electron chi connectivity index (χ2n) is 11.6. The molecule has 1 aromatic heterocycles. The number of nitrogens with zero attached hydrogens (tertiary/aromatic N) is 3. The molecule has 1 aliphatic heterocycles. The first kappa shape index (κ1) is 27.6. The molecule has 0 bridgehead atoms. The molecule has 3 aromatic rings. The molecule has 0 amide bonds. The molecule has 3 fully saturated rings. The molecular formula is C31H31F2N3O4S. The number of hydrogen-bond acceptors (Lipinski definition) is 7. The first-order chi connectivity index (χ1) is 19.7. The quantitative estimate of drug-likeness (QED) is 0.335. The van der Waals surface area contributed by atoms with Crippen LogP contribution in [0, 0.1) is 34.3 Å². The number of aromatic nitrogens is 1. The van der Waals surface area contributed by atoms with E-state index in [1.807, 2.05) is 29.2 Å². The standard InChI is InChI=1S/C31H31F2N3O4S/c32-25-10-7-21(17-26(25)33)30-35-28(20-5-8-22(9-6-20)36-13-15-41(38,39)16-14-36)29(40-30)24-4-2-1-3-23(24)27(37)18-31(19-34)11-12-31/h5-10,17,23-24H,1-4,11-16,18H2/t23-,24-/m1/s1. The Morgan fingerprint density at radius 3 is 2.37 bits per heavy atom. The summed E-state index contributed by atoms with van der Waals surface area (Å²) in [6, 6.07) is 13.4. The highest BCUT2D eigenvalue weighted by atomic mass is 32.2. The Kier molecular flexibility index (Phi) is 7.18. The lowest BCUT2D eigenvalue weighted by Gasteiger charge is -2.30. The maximum Gasteiger partial charge on any atom is 0.226 e. The van der Waals surface area contributed by atoms with E-state index >= 15 is 0 Å². The third-order valence-corrected chi connectivity index (χ3v) is 10.4. The van der Waals surface area contributed by atoms with E-state index < -0.39 is 26.9 Å². The first-order valence-electron chi connectivity index (χ1n) is 14.1. The van der Waals surface area contributed by atoms with E-state index in [1.165, 1.54) is 6.07 Å². The van der Waals surface area contributed by atoms with Gasteiger partial charge in [0.25, 0.3) is 0 Å². The number of rotatable bonds is 7. The number of ketones is 1. The summed E-state index contributed by atoms with van der Waals surface area (Å²) in [5.74, 6) is -1.55. The summed E-state index contributed by atoms with van der Waals surface area (Å²) in [7, 11) is -3.00. The van der Waals surface area contributed by atoms with Crippen molar-refractivity contribution >= 4 is 21.3 Å². The molecule has 0 unspecified atom stereocenters. The van der Waals surface area contributed by atoms with Crippen LogP contribution in [-0.2, 0) is 14.6 Å². The predicted molar refractivity (Wildman–Crippen MR) is 150 cm³/mol. The zero-order valence-electron chi connectivity index (χ0n) is 22.6. The van der Waals surface area contributed by atoms with Gasteiger partial charge in [0, 0.05) is 48.2 Å². The fourth-order valence-corrected chi connectivity index (χ4v) is 7.32. The van der Waals surface area contributed by atoms with Crippen molar-refractivity contribution in [3.63, 3.8) is 0 Å². The number of benzene rings is 2. The zero-order valence-corrected chi connectivity index (χ0v) is 23.4. The van der Waals surface area contributed by atoms with E-state index in [2.05, 4.69) is 6.07 Å². The Bertz CT molecular complexity index is 1610. The van der Waals surface area contributed by atoms with Crippen LogP contribution in [0.15, 0.2) is 46.9 Å². The van der Waals surface area contributed by atoms with Crippen LogP contribution in [0.2, 0.25) is 0 Å². The van der Waals surface area contributed by atoms with Crippen molar-refractivity contribution in [2.45, 2.75) is 50.9 Å². The molecule has 2 aliphatic carbocycles. The largest absolute Gasteiger partial charge is 0.440 e. The fourth-order valence-electron chi connectivity index (χ4n) is 6.12. The van der Waals surface area contributed by atoms with Gasteiger partial charge in [-0.2, -0.15) is 5.26 Å². The lowest BCUT2D eigenvalue weighted by atomic mass is 9.73. The summed E-state index contributed by atoms with van der Waals surface area (Å²) in [4.78, 5) is 20.3. The molecule has 2 atom stereocenters. The number of carbonyl (C=O) groups is 1. The van der Waals surface area contributed by atoms with E-state index in [1.54, 1.807) is 0 Å². The van der Waals surface area contributed by atoms with Gasteiger partial charge in [-0.3, -0.25) is 4.79 Å². The van der Waals surface area contributed by atoms with Crippen LogP contribution in [0.25, 0.3) is 22.7 Å². The van der Waals surface area contributed by atoms with Gasteiger partial charge in [0.2, 0.25) is 5.89 Å². The lowest BCUT2D eigenvalue weighted by molar-refractivity contribution is -0.125. The number of carbonyl (C=O) groups excluding carboxylic acids is 1. The van der Waals surface area contributed by atoms with E-state index in [0.29, 0.717) is 36.5 Å². The van der Waals surface area contributed by atoms with Crippen molar-refractivity contribution in [2.75, 3.05) is 29.5 Å². The minimum absolute atomic E-state index is 0.0703. The maximum atomic E-state index is 14.1. The summed E-state index contributed by atoms with van der Waals surface area (Å²) in [6.07, 6.45) is 4.97. The summed E-state index contributed by atoms with van der Waals surface area (Å²) < 4.78 is 57.8. The number of oxazole rings is 1. The second kappa shape index (κ2) is 10.7. The molecule has 214 valence electrons. The Balaban J connectivity index is 1.36. The van der Waals surface area contributed by atoms with Crippen LogP contribution in [0.3, 0.4) is 0 Å². The normalized spacial score (nSPS) is 23.1. The zero-order chi connectivity index (χ0) is 28.8. The minimum Gasteiger partial charge on any atom is -0.440 e. The number of nitriles is 1. The molecule has 0 N–H and O–H groups in total. The Hall–Kier alpha value is -3.58.